The molecule has 1 atom stereocenters. The van der Waals surface area contributed by atoms with Crippen LogP contribution in [0.4, 0.5) is 5.69 Å². The Hall–Kier alpha value is -2.82. The monoisotopic (exact) mass is 297 g/mol. The molecule has 0 aliphatic carbocycles. The predicted octanol–water partition coefficient (Wildman–Crippen LogP) is 2.36. The van der Waals surface area contributed by atoms with E-state index in [1.54, 1.807) is 62.8 Å². The zero-order valence-corrected chi connectivity index (χ0v) is 12.3. The maximum absolute atomic E-state index is 12.0. The van der Waals surface area contributed by atoms with E-state index in [0.717, 1.165) is 5.56 Å². The molecular weight excluding hydrogens is 282 g/mol. The topological polar surface area (TPSA) is 55.8 Å². The van der Waals surface area contributed by atoms with Crippen LogP contribution in [0, 0.1) is 0 Å². The minimum atomic E-state index is -0.577. The smallest absolute Gasteiger partial charge is 0.297 e. The van der Waals surface area contributed by atoms with Crippen molar-refractivity contribution >= 4 is 17.4 Å². The third kappa shape index (κ3) is 2.20. The third-order valence-electron chi connectivity index (χ3n) is 3.72. The molecule has 0 spiro atoms. The van der Waals surface area contributed by atoms with Crippen LogP contribution in [0.25, 0.3) is 0 Å². The van der Waals surface area contributed by atoms with Crippen LogP contribution in [0.15, 0.2) is 48.5 Å². The Morgan fingerprint density at radius 1 is 0.818 bits per heavy atom. The lowest BCUT2D eigenvalue weighted by Gasteiger charge is -2.38. The number of anilines is 1. The fourth-order valence-corrected chi connectivity index (χ4v) is 2.50. The number of benzene rings is 2. The standard InChI is InChI=1S/C17H15NO4/c1-21-13-7-3-11(4-8-13)15-16(19)17(20)18(15)12-5-9-14(22-2)10-6-12/h3-10,15H,1-2H3/t15-/m1/s1. The quantitative estimate of drug-likeness (QED) is 0.642. The summed E-state index contributed by atoms with van der Waals surface area (Å²) < 4.78 is 10.2. The average molecular weight is 297 g/mol. The van der Waals surface area contributed by atoms with Gasteiger partial charge < -0.3 is 9.47 Å². The lowest BCUT2D eigenvalue weighted by molar-refractivity contribution is -0.143. The number of rotatable bonds is 4. The Kier molecular flexibility index (Phi) is 3.55. The van der Waals surface area contributed by atoms with E-state index in [0.29, 0.717) is 17.2 Å². The Balaban J connectivity index is 1.91. The summed E-state index contributed by atoms with van der Waals surface area (Å²) in [6, 6.07) is 13.6. The van der Waals surface area contributed by atoms with Crippen molar-refractivity contribution in [3.05, 3.63) is 54.1 Å². The molecular formula is C17H15NO4. The van der Waals surface area contributed by atoms with Crippen molar-refractivity contribution < 1.29 is 19.1 Å². The first-order valence-corrected chi connectivity index (χ1v) is 6.81. The second-order valence-corrected chi connectivity index (χ2v) is 4.91. The minimum Gasteiger partial charge on any atom is -0.497 e. The van der Waals surface area contributed by atoms with Gasteiger partial charge in [-0.05, 0) is 42.0 Å². The van der Waals surface area contributed by atoms with E-state index in [9.17, 15) is 9.59 Å². The summed E-state index contributed by atoms with van der Waals surface area (Å²) >= 11 is 0. The highest BCUT2D eigenvalue weighted by molar-refractivity contribution is 6.51. The number of nitrogens with zero attached hydrogens (tertiary/aromatic N) is 1. The van der Waals surface area contributed by atoms with Crippen molar-refractivity contribution in [2.45, 2.75) is 6.04 Å². The number of carbonyl (C=O) groups excluding carboxylic acids is 2. The minimum absolute atomic E-state index is 0.402. The van der Waals surface area contributed by atoms with Gasteiger partial charge in [-0.2, -0.15) is 0 Å². The van der Waals surface area contributed by atoms with Gasteiger partial charge >= 0.3 is 0 Å². The fourth-order valence-electron chi connectivity index (χ4n) is 2.50. The largest absolute Gasteiger partial charge is 0.497 e. The van der Waals surface area contributed by atoms with Crippen LogP contribution in [0.2, 0.25) is 0 Å². The highest BCUT2D eigenvalue weighted by Crippen LogP contribution is 2.37. The van der Waals surface area contributed by atoms with E-state index in [1.807, 2.05) is 0 Å². The molecule has 5 nitrogen and oxygen atoms in total. The van der Waals surface area contributed by atoms with Gasteiger partial charge in [-0.3, -0.25) is 14.5 Å². The van der Waals surface area contributed by atoms with E-state index in [-0.39, 0.29) is 0 Å². The average Bonchev–Trinajstić information content (AvgIpc) is 2.59. The van der Waals surface area contributed by atoms with Crippen molar-refractivity contribution in [3.8, 4) is 11.5 Å². The van der Waals surface area contributed by atoms with Crippen molar-refractivity contribution in [2.75, 3.05) is 19.1 Å². The molecule has 0 bridgehead atoms. The lowest BCUT2D eigenvalue weighted by atomic mass is 9.91. The molecule has 22 heavy (non-hydrogen) atoms. The van der Waals surface area contributed by atoms with Crippen molar-refractivity contribution in [3.63, 3.8) is 0 Å². The van der Waals surface area contributed by atoms with Crippen LogP contribution in [0.5, 0.6) is 11.5 Å². The number of ether oxygens (including phenoxy) is 2. The summed E-state index contributed by atoms with van der Waals surface area (Å²) in [6.07, 6.45) is 0. The molecule has 2 aromatic rings. The molecule has 1 aliphatic heterocycles. The molecule has 0 radical (unpaired) electrons. The van der Waals surface area contributed by atoms with Gasteiger partial charge in [0.05, 0.1) is 14.2 Å². The van der Waals surface area contributed by atoms with E-state index in [2.05, 4.69) is 0 Å². The first-order chi connectivity index (χ1) is 10.7. The molecule has 112 valence electrons. The van der Waals surface area contributed by atoms with Crippen LogP contribution in [-0.2, 0) is 9.59 Å². The van der Waals surface area contributed by atoms with Gasteiger partial charge in [0.15, 0.2) is 0 Å². The van der Waals surface area contributed by atoms with Crippen LogP contribution in [0.1, 0.15) is 11.6 Å². The number of hydrogen-bond donors (Lipinski definition) is 0. The Bertz CT molecular complexity index is 643. The summed E-state index contributed by atoms with van der Waals surface area (Å²) in [5, 5.41) is 0. The van der Waals surface area contributed by atoms with Gasteiger partial charge in [0.2, 0.25) is 5.78 Å². The summed E-state index contributed by atoms with van der Waals surface area (Å²) in [5.41, 5.74) is 1.44. The van der Waals surface area contributed by atoms with Crippen LogP contribution in [-0.4, -0.2) is 25.9 Å². The van der Waals surface area contributed by atoms with Gasteiger partial charge in [0.25, 0.3) is 5.91 Å². The van der Waals surface area contributed by atoms with Gasteiger partial charge in [-0.25, -0.2) is 0 Å². The Morgan fingerprint density at radius 2 is 1.32 bits per heavy atom. The molecule has 0 unspecified atom stereocenters. The first-order valence-electron chi connectivity index (χ1n) is 6.81. The number of β-lactam (4-membered cyclic amide) rings is 1. The molecule has 3 rings (SSSR count). The summed E-state index contributed by atoms with van der Waals surface area (Å²) in [4.78, 5) is 25.4. The van der Waals surface area contributed by atoms with E-state index >= 15 is 0 Å². The van der Waals surface area contributed by atoms with E-state index < -0.39 is 17.7 Å². The normalized spacial score (nSPS) is 17.2. The van der Waals surface area contributed by atoms with E-state index in [4.69, 9.17) is 9.47 Å². The van der Waals surface area contributed by atoms with Crippen molar-refractivity contribution in [2.24, 2.45) is 0 Å². The highest BCUT2D eigenvalue weighted by Gasteiger charge is 2.47. The summed E-state index contributed by atoms with van der Waals surface area (Å²) in [6.45, 7) is 0. The number of Topliss-reactive ketones (excluding diaryl/α,β-unsaturated/α-hetero) is 1. The zero-order valence-electron chi connectivity index (χ0n) is 12.3. The number of amides is 1. The molecule has 1 fully saturated rings. The summed E-state index contributed by atoms with van der Waals surface area (Å²) in [7, 11) is 3.16. The number of carbonyl (C=O) groups is 2. The second-order valence-electron chi connectivity index (χ2n) is 4.91. The van der Waals surface area contributed by atoms with Gasteiger partial charge in [0.1, 0.15) is 17.5 Å². The number of hydrogen-bond acceptors (Lipinski definition) is 4. The predicted molar refractivity (Wildman–Crippen MR) is 81.2 cm³/mol. The molecule has 1 amide bonds. The van der Waals surface area contributed by atoms with Crippen LogP contribution < -0.4 is 14.4 Å². The van der Waals surface area contributed by atoms with Crippen LogP contribution >= 0.6 is 0 Å². The molecule has 1 saturated heterocycles. The SMILES string of the molecule is COc1ccc([C@@H]2C(=O)C(=O)N2c2ccc(OC)cc2)cc1. The Labute approximate surface area is 128 Å². The number of methoxy groups -OCH3 is 2. The molecule has 5 heteroatoms. The third-order valence-corrected chi connectivity index (χ3v) is 3.72. The molecule has 0 aromatic heterocycles. The van der Waals surface area contributed by atoms with Gasteiger partial charge in [-0.15, -0.1) is 0 Å². The van der Waals surface area contributed by atoms with Crippen LogP contribution in [0.3, 0.4) is 0 Å². The molecule has 0 saturated carbocycles. The maximum atomic E-state index is 12.0. The molecule has 1 aliphatic rings. The second kappa shape index (κ2) is 5.52. The van der Waals surface area contributed by atoms with Gasteiger partial charge in [0, 0.05) is 5.69 Å². The highest BCUT2D eigenvalue weighted by atomic mass is 16.5. The first kappa shape index (κ1) is 14.1. The molecule has 0 N–H and O–H groups in total. The van der Waals surface area contributed by atoms with E-state index in [1.165, 1.54) is 4.90 Å². The summed E-state index contributed by atoms with van der Waals surface area (Å²) in [5.74, 6) is 0.508. The molecule has 2 aromatic carbocycles. The van der Waals surface area contributed by atoms with Crippen molar-refractivity contribution in [1.29, 1.82) is 0 Å². The Morgan fingerprint density at radius 3 is 1.82 bits per heavy atom. The van der Waals surface area contributed by atoms with Gasteiger partial charge in [-0.1, -0.05) is 12.1 Å². The molecule has 1 heterocycles. The zero-order chi connectivity index (χ0) is 15.7. The fraction of sp³-hybridized carbons (Fsp3) is 0.176. The lowest BCUT2D eigenvalue weighted by Crippen LogP contribution is -2.56. The maximum Gasteiger partial charge on any atom is 0.297 e. The van der Waals surface area contributed by atoms with Crippen molar-refractivity contribution in [1.82, 2.24) is 0 Å². The number of ketones is 1.